The molecule has 4 nitrogen and oxygen atoms in total. The maximum Gasteiger partial charge on any atom is 0.345 e. The van der Waals surface area contributed by atoms with Gasteiger partial charge in [0.1, 0.15) is 0 Å². The molecule has 0 bridgehead atoms. The zero-order chi connectivity index (χ0) is 17.2. The van der Waals surface area contributed by atoms with E-state index in [1.54, 1.807) is 53.8 Å². The summed E-state index contributed by atoms with van der Waals surface area (Å²) in [7, 11) is 0. The molecule has 0 saturated heterocycles. The number of hydrogen-bond acceptors (Lipinski definition) is 4. The number of carboxylic acids is 1. The maximum absolute atomic E-state index is 11.8. The molecule has 0 radical (unpaired) electrons. The third-order valence-corrected chi connectivity index (χ3v) is 5.11. The van der Waals surface area contributed by atoms with Crippen LogP contribution in [0.4, 0.5) is 0 Å². The Kier molecular flexibility index (Phi) is 4.49. The van der Waals surface area contributed by atoms with Crippen LogP contribution in [-0.4, -0.2) is 16.2 Å². The molecule has 24 heavy (non-hydrogen) atoms. The van der Waals surface area contributed by atoms with E-state index in [0.717, 1.165) is 15.3 Å². The van der Waals surface area contributed by atoms with Crippen LogP contribution >= 0.6 is 11.3 Å². The van der Waals surface area contributed by atoms with Crippen molar-refractivity contribution in [3.8, 4) is 10.4 Å². The smallest absolute Gasteiger partial charge is 0.345 e. The van der Waals surface area contributed by atoms with Gasteiger partial charge in [-0.15, -0.1) is 11.3 Å². The van der Waals surface area contributed by atoms with Gasteiger partial charge in [0.15, 0.2) is 0 Å². The van der Waals surface area contributed by atoms with Crippen molar-refractivity contribution >= 4 is 17.3 Å². The Labute approximate surface area is 143 Å². The van der Waals surface area contributed by atoms with Crippen molar-refractivity contribution < 1.29 is 15.0 Å². The minimum atomic E-state index is -2.07. The second-order valence-electron chi connectivity index (χ2n) is 5.43. The molecule has 2 aromatic carbocycles. The number of aliphatic carboxylic acids is 1. The standard InChI is InChI=1S/C19H17NO3S/c20-12-16-10-11-17(24-16)13-6-8-15(9-7-13)19(23,18(21)22)14-4-2-1-3-5-14/h1-11,23H,12,20H2,(H,21,22)/t19-/m0/s1. The number of thiophene rings is 1. The molecule has 5 heteroatoms. The zero-order valence-electron chi connectivity index (χ0n) is 12.8. The average Bonchev–Trinajstić information content (AvgIpc) is 3.11. The lowest BCUT2D eigenvalue weighted by Crippen LogP contribution is -2.36. The number of nitrogens with two attached hydrogens (primary N) is 1. The molecule has 3 aromatic rings. The second kappa shape index (κ2) is 6.57. The first-order valence-electron chi connectivity index (χ1n) is 7.46. The molecule has 1 aromatic heterocycles. The topological polar surface area (TPSA) is 83.5 Å². The molecule has 0 aliphatic rings. The normalized spacial score (nSPS) is 13.4. The first-order valence-corrected chi connectivity index (χ1v) is 8.28. The fourth-order valence-electron chi connectivity index (χ4n) is 2.61. The third kappa shape index (κ3) is 2.85. The molecule has 4 N–H and O–H groups in total. The highest BCUT2D eigenvalue weighted by molar-refractivity contribution is 7.15. The molecular weight excluding hydrogens is 322 g/mol. The molecule has 1 atom stereocenters. The molecule has 1 heterocycles. The van der Waals surface area contributed by atoms with E-state index in [0.29, 0.717) is 17.7 Å². The van der Waals surface area contributed by atoms with E-state index in [-0.39, 0.29) is 0 Å². The fourth-order valence-corrected chi connectivity index (χ4v) is 3.50. The van der Waals surface area contributed by atoms with Crippen molar-refractivity contribution in [2.75, 3.05) is 0 Å². The van der Waals surface area contributed by atoms with Crippen molar-refractivity contribution in [2.24, 2.45) is 5.73 Å². The van der Waals surface area contributed by atoms with E-state index in [9.17, 15) is 15.0 Å². The van der Waals surface area contributed by atoms with Gasteiger partial charge in [-0.05, 0) is 28.8 Å². The van der Waals surface area contributed by atoms with E-state index in [1.807, 2.05) is 24.3 Å². The lowest BCUT2D eigenvalue weighted by atomic mass is 9.86. The summed E-state index contributed by atoms with van der Waals surface area (Å²) in [4.78, 5) is 13.9. The van der Waals surface area contributed by atoms with Gasteiger partial charge in [-0.1, -0.05) is 54.6 Å². The van der Waals surface area contributed by atoms with Crippen molar-refractivity contribution in [2.45, 2.75) is 12.1 Å². The molecule has 0 unspecified atom stereocenters. The van der Waals surface area contributed by atoms with Crippen LogP contribution in [-0.2, 0) is 16.9 Å². The van der Waals surface area contributed by atoms with Crippen molar-refractivity contribution in [3.63, 3.8) is 0 Å². The molecule has 0 fully saturated rings. The lowest BCUT2D eigenvalue weighted by molar-refractivity contribution is -0.155. The molecule has 0 spiro atoms. The number of carbonyl (C=O) groups is 1. The van der Waals surface area contributed by atoms with Crippen LogP contribution in [0.25, 0.3) is 10.4 Å². The second-order valence-corrected chi connectivity index (χ2v) is 6.60. The number of hydrogen-bond donors (Lipinski definition) is 3. The van der Waals surface area contributed by atoms with Gasteiger partial charge >= 0.3 is 5.97 Å². The maximum atomic E-state index is 11.8. The Hall–Kier alpha value is -2.47. The van der Waals surface area contributed by atoms with Crippen LogP contribution < -0.4 is 5.73 Å². The third-order valence-electron chi connectivity index (χ3n) is 3.95. The van der Waals surface area contributed by atoms with Gasteiger partial charge in [0, 0.05) is 16.3 Å². The average molecular weight is 339 g/mol. The Morgan fingerprint density at radius 3 is 2.12 bits per heavy atom. The Morgan fingerprint density at radius 2 is 1.58 bits per heavy atom. The van der Waals surface area contributed by atoms with E-state index in [4.69, 9.17) is 5.73 Å². The largest absolute Gasteiger partial charge is 0.479 e. The molecule has 0 aliphatic carbocycles. The summed E-state index contributed by atoms with van der Waals surface area (Å²) in [6.07, 6.45) is 0. The Balaban J connectivity index is 2.00. The first-order chi connectivity index (χ1) is 11.6. The van der Waals surface area contributed by atoms with Gasteiger partial charge < -0.3 is 15.9 Å². The van der Waals surface area contributed by atoms with Crippen molar-refractivity contribution in [3.05, 3.63) is 82.7 Å². The van der Waals surface area contributed by atoms with Crippen LogP contribution in [0.5, 0.6) is 0 Å². The first kappa shape index (κ1) is 16.4. The number of rotatable bonds is 5. The minimum Gasteiger partial charge on any atom is -0.479 e. The Morgan fingerprint density at radius 1 is 0.958 bits per heavy atom. The fraction of sp³-hybridized carbons (Fsp3) is 0.105. The predicted molar refractivity (Wildman–Crippen MR) is 94.7 cm³/mol. The van der Waals surface area contributed by atoms with E-state index >= 15 is 0 Å². The molecule has 0 saturated carbocycles. The molecular formula is C19H17NO3S. The SMILES string of the molecule is NCc1ccc(-c2ccc([C@](O)(C(=O)O)c3ccccc3)cc2)s1. The van der Waals surface area contributed by atoms with Crippen LogP contribution in [0.3, 0.4) is 0 Å². The summed E-state index contributed by atoms with van der Waals surface area (Å²) in [6, 6.07) is 19.3. The number of benzene rings is 2. The highest BCUT2D eigenvalue weighted by Crippen LogP contribution is 2.33. The van der Waals surface area contributed by atoms with E-state index in [2.05, 4.69) is 0 Å². The lowest BCUT2D eigenvalue weighted by Gasteiger charge is -2.24. The number of aliphatic hydroxyl groups is 1. The van der Waals surface area contributed by atoms with Crippen LogP contribution in [0, 0.1) is 0 Å². The summed E-state index contributed by atoms with van der Waals surface area (Å²) >= 11 is 1.60. The van der Waals surface area contributed by atoms with Gasteiger partial charge in [-0.2, -0.15) is 0 Å². The van der Waals surface area contributed by atoms with Crippen LogP contribution in [0.15, 0.2) is 66.7 Å². The quantitative estimate of drug-likeness (QED) is 0.666. The highest BCUT2D eigenvalue weighted by atomic mass is 32.1. The summed E-state index contributed by atoms with van der Waals surface area (Å²) in [6.45, 7) is 0.496. The zero-order valence-corrected chi connectivity index (χ0v) is 13.7. The van der Waals surface area contributed by atoms with Crippen molar-refractivity contribution in [1.82, 2.24) is 0 Å². The van der Waals surface area contributed by atoms with Crippen molar-refractivity contribution in [1.29, 1.82) is 0 Å². The van der Waals surface area contributed by atoms with E-state index < -0.39 is 11.6 Å². The number of carboxylic acid groups (broad SMARTS) is 1. The van der Waals surface area contributed by atoms with Gasteiger partial charge in [0.2, 0.25) is 5.60 Å². The van der Waals surface area contributed by atoms with E-state index in [1.165, 1.54) is 0 Å². The minimum absolute atomic E-state index is 0.320. The van der Waals surface area contributed by atoms with Gasteiger partial charge in [-0.3, -0.25) is 0 Å². The predicted octanol–water partition coefficient (Wildman–Crippen LogP) is 3.19. The highest BCUT2D eigenvalue weighted by Gasteiger charge is 2.39. The molecule has 0 amide bonds. The van der Waals surface area contributed by atoms with Gasteiger partial charge in [0.25, 0.3) is 0 Å². The summed E-state index contributed by atoms with van der Waals surface area (Å²) in [5, 5.41) is 20.4. The summed E-state index contributed by atoms with van der Waals surface area (Å²) in [5.41, 5.74) is 5.17. The van der Waals surface area contributed by atoms with Crippen LogP contribution in [0.2, 0.25) is 0 Å². The summed E-state index contributed by atoms with van der Waals surface area (Å²) in [5.74, 6) is -1.30. The summed E-state index contributed by atoms with van der Waals surface area (Å²) < 4.78 is 0. The van der Waals surface area contributed by atoms with Crippen LogP contribution in [0.1, 0.15) is 16.0 Å². The van der Waals surface area contributed by atoms with Gasteiger partial charge in [-0.25, -0.2) is 4.79 Å². The monoisotopic (exact) mass is 339 g/mol. The molecule has 122 valence electrons. The van der Waals surface area contributed by atoms with Gasteiger partial charge in [0.05, 0.1) is 0 Å². The Bertz CT molecular complexity index is 843. The molecule has 0 aliphatic heterocycles. The molecule has 3 rings (SSSR count).